The van der Waals surface area contributed by atoms with Gasteiger partial charge in [-0.05, 0) is 44.5 Å². The van der Waals surface area contributed by atoms with Crippen LogP contribution in [0.2, 0.25) is 0 Å². The Kier molecular flexibility index (Phi) is 6.55. The number of rotatable bonds is 4. The Bertz CT molecular complexity index is 805. The number of hydrogen-bond acceptors (Lipinski definition) is 4. The van der Waals surface area contributed by atoms with Crippen LogP contribution in [0.15, 0.2) is 52.3 Å². The summed E-state index contributed by atoms with van der Waals surface area (Å²) >= 11 is 7.55. The van der Waals surface area contributed by atoms with E-state index in [1.165, 1.54) is 26.6 Å². The number of halogens is 1. The van der Waals surface area contributed by atoms with E-state index >= 15 is 0 Å². The van der Waals surface area contributed by atoms with Crippen LogP contribution in [0.25, 0.3) is 0 Å². The molecule has 0 N–H and O–H groups in total. The van der Waals surface area contributed by atoms with Gasteiger partial charge < -0.3 is 14.5 Å². The zero-order valence-electron chi connectivity index (χ0n) is 15.9. The average molecular weight is 405 g/mol. The van der Waals surface area contributed by atoms with E-state index in [2.05, 4.69) is 61.2 Å². The Morgan fingerprint density at radius 2 is 1.78 bits per heavy atom. The number of alkyl halides is 1. The lowest BCUT2D eigenvalue weighted by Gasteiger charge is -2.36. The minimum atomic E-state index is -0.606. The Morgan fingerprint density at radius 3 is 2.44 bits per heavy atom. The number of aryl methyl sites for hydroxylation is 2. The van der Waals surface area contributed by atoms with E-state index in [-0.39, 0.29) is 6.09 Å². The van der Waals surface area contributed by atoms with E-state index in [1.54, 1.807) is 23.6 Å². The molecule has 1 saturated heterocycles. The first-order valence-electron chi connectivity index (χ1n) is 9.13. The molecule has 0 radical (unpaired) electrons. The van der Waals surface area contributed by atoms with Crippen LogP contribution >= 0.6 is 23.4 Å². The summed E-state index contributed by atoms with van der Waals surface area (Å²) < 4.78 is 5.09. The number of para-hydroxylation sites is 1. The predicted molar refractivity (Wildman–Crippen MR) is 112 cm³/mol. The van der Waals surface area contributed by atoms with Gasteiger partial charge in [-0.2, -0.15) is 0 Å². The third-order valence-electron chi connectivity index (χ3n) is 4.56. The molecule has 0 aliphatic carbocycles. The Balaban J connectivity index is 1.71. The fourth-order valence-corrected chi connectivity index (χ4v) is 4.30. The van der Waals surface area contributed by atoms with E-state index in [1.807, 2.05) is 0 Å². The number of nitrogens with zero attached hydrogens (tertiary/aromatic N) is 2. The van der Waals surface area contributed by atoms with Crippen LogP contribution in [0, 0.1) is 13.8 Å². The second-order valence-electron chi connectivity index (χ2n) is 6.74. The number of piperazine rings is 1. The molecule has 4 nitrogen and oxygen atoms in total. The zero-order chi connectivity index (χ0) is 19.4. The molecule has 0 spiro atoms. The van der Waals surface area contributed by atoms with Gasteiger partial charge in [-0.15, -0.1) is 0 Å². The molecule has 1 heterocycles. The highest BCUT2D eigenvalue weighted by Crippen LogP contribution is 2.37. The van der Waals surface area contributed by atoms with Gasteiger partial charge in [0.15, 0.2) is 5.56 Å². The number of amides is 1. The summed E-state index contributed by atoms with van der Waals surface area (Å²) in [4.78, 5) is 18.6. The van der Waals surface area contributed by atoms with Crippen molar-refractivity contribution >= 4 is 35.1 Å². The zero-order valence-corrected chi connectivity index (χ0v) is 17.5. The van der Waals surface area contributed by atoms with E-state index in [4.69, 9.17) is 16.3 Å². The molecule has 0 saturated carbocycles. The van der Waals surface area contributed by atoms with Crippen LogP contribution in [-0.4, -0.2) is 42.7 Å². The number of hydrogen-bond donors (Lipinski definition) is 0. The molecule has 2 aromatic rings. The number of benzene rings is 2. The van der Waals surface area contributed by atoms with Crippen molar-refractivity contribution in [3.8, 4) is 0 Å². The van der Waals surface area contributed by atoms with Crippen molar-refractivity contribution in [3.05, 3.63) is 53.6 Å². The van der Waals surface area contributed by atoms with Crippen molar-refractivity contribution in [2.75, 3.05) is 31.1 Å². The maximum Gasteiger partial charge on any atom is 0.411 e. The lowest BCUT2D eigenvalue weighted by atomic mass is 10.2. The largest absolute Gasteiger partial charge is 0.430 e. The minimum Gasteiger partial charge on any atom is -0.430 e. The Morgan fingerprint density at radius 1 is 1.07 bits per heavy atom. The van der Waals surface area contributed by atoms with Gasteiger partial charge in [-0.25, -0.2) is 4.79 Å². The maximum atomic E-state index is 12.0. The molecule has 1 atom stereocenters. The SMILES string of the molecule is Cc1ccc(Sc2ccccc2N2CCN(C(=O)OC(C)Cl)CC2)c(C)c1. The molecule has 1 aliphatic rings. The number of carbonyl (C=O) groups is 1. The van der Waals surface area contributed by atoms with E-state index in [0.717, 1.165) is 13.1 Å². The molecule has 1 amide bonds. The van der Waals surface area contributed by atoms with Crippen molar-refractivity contribution in [1.82, 2.24) is 4.90 Å². The second-order valence-corrected chi connectivity index (χ2v) is 8.44. The smallest absolute Gasteiger partial charge is 0.411 e. The fraction of sp³-hybridized carbons (Fsp3) is 0.381. The predicted octanol–water partition coefficient (Wildman–Crippen LogP) is 5.30. The lowest BCUT2D eigenvalue weighted by molar-refractivity contribution is 0.0937. The molecule has 27 heavy (non-hydrogen) atoms. The van der Waals surface area contributed by atoms with Crippen molar-refractivity contribution in [3.63, 3.8) is 0 Å². The van der Waals surface area contributed by atoms with E-state index < -0.39 is 5.56 Å². The van der Waals surface area contributed by atoms with Crippen molar-refractivity contribution < 1.29 is 9.53 Å². The molecule has 0 aromatic heterocycles. The van der Waals surface area contributed by atoms with Crippen molar-refractivity contribution in [2.24, 2.45) is 0 Å². The summed E-state index contributed by atoms with van der Waals surface area (Å²) in [6, 6.07) is 15.0. The van der Waals surface area contributed by atoms with E-state index in [0.29, 0.717) is 13.1 Å². The Labute approximate surface area is 170 Å². The van der Waals surface area contributed by atoms with Gasteiger partial charge in [-0.1, -0.05) is 53.2 Å². The van der Waals surface area contributed by atoms with Gasteiger partial charge in [0.1, 0.15) is 0 Å². The highest BCUT2D eigenvalue weighted by molar-refractivity contribution is 7.99. The molecule has 6 heteroatoms. The van der Waals surface area contributed by atoms with Gasteiger partial charge in [0.05, 0.1) is 5.69 Å². The van der Waals surface area contributed by atoms with Crippen LogP contribution in [0.3, 0.4) is 0 Å². The molecule has 0 bridgehead atoms. The van der Waals surface area contributed by atoms with Gasteiger partial charge in [0, 0.05) is 36.0 Å². The molecular formula is C21H25ClN2O2S. The topological polar surface area (TPSA) is 32.8 Å². The first-order chi connectivity index (χ1) is 12.9. The van der Waals surface area contributed by atoms with Crippen LogP contribution in [0.5, 0.6) is 0 Å². The molecule has 3 rings (SSSR count). The quantitative estimate of drug-likeness (QED) is 0.647. The summed E-state index contributed by atoms with van der Waals surface area (Å²) in [6.45, 7) is 8.73. The summed E-state index contributed by atoms with van der Waals surface area (Å²) in [5, 5.41) is 0. The van der Waals surface area contributed by atoms with Gasteiger partial charge in [-0.3, -0.25) is 0 Å². The van der Waals surface area contributed by atoms with Crippen molar-refractivity contribution in [2.45, 2.75) is 36.1 Å². The highest BCUT2D eigenvalue weighted by Gasteiger charge is 2.24. The van der Waals surface area contributed by atoms with Crippen LogP contribution in [0.1, 0.15) is 18.1 Å². The Hall–Kier alpha value is -1.85. The minimum absolute atomic E-state index is 0.338. The van der Waals surface area contributed by atoms with Gasteiger partial charge in [0.25, 0.3) is 0 Å². The van der Waals surface area contributed by atoms with Crippen molar-refractivity contribution in [1.29, 1.82) is 0 Å². The van der Waals surface area contributed by atoms with Crippen LogP contribution in [-0.2, 0) is 4.74 Å². The number of anilines is 1. The average Bonchev–Trinajstić information content (AvgIpc) is 2.64. The van der Waals surface area contributed by atoms with Crippen LogP contribution in [0.4, 0.5) is 10.5 Å². The number of carbonyl (C=O) groups excluding carboxylic acids is 1. The lowest BCUT2D eigenvalue weighted by Crippen LogP contribution is -2.49. The standard InChI is InChI=1S/C21H25ClN2O2S/c1-15-8-9-19(16(2)14-15)27-20-7-5-4-6-18(20)23-10-12-24(13-11-23)21(25)26-17(3)22/h4-9,14,17H,10-13H2,1-3H3. The summed E-state index contributed by atoms with van der Waals surface area (Å²) in [5.74, 6) is 0. The normalized spacial score (nSPS) is 15.6. The first kappa shape index (κ1) is 19.9. The van der Waals surface area contributed by atoms with Gasteiger partial charge in [0.2, 0.25) is 0 Å². The van der Waals surface area contributed by atoms with Gasteiger partial charge >= 0.3 is 6.09 Å². The monoisotopic (exact) mass is 404 g/mol. The molecule has 1 unspecified atom stereocenters. The first-order valence-corrected chi connectivity index (χ1v) is 10.4. The molecule has 1 fully saturated rings. The summed E-state index contributed by atoms with van der Waals surface area (Å²) in [5.41, 5.74) is 3.17. The maximum absolute atomic E-state index is 12.0. The third kappa shape index (κ3) is 5.11. The summed E-state index contributed by atoms with van der Waals surface area (Å²) in [7, 11) is 0. The molecular weight excluding hydrogens is 380 g/mol. The molecule has 2 aromatic carbocycles. The van der Waals surface area contributed by atoms with E-state index in [9.17, 15) is 4.79 Å². The third-order valence-corrected chi connectivity index (χ3v) is 5.89. The fourth-order valence-electron chi connectivity index (χ4n) is 3.18. The van der Waals surface area contributed by atoms with Crippen LogP contribution < -0.4 is 4.90 Å². The summed E-state index contributed by atoms with van der Waals surface area (Å²) in [6.07, 6.45) is -0.338. The second kappa shape index (κ2) is 8.89. The highest BCUT2D eigenvalue weighted by atomic mass is 35.5. The molecule has 1 aliphatic heterocycles. The molecule has 144 valence electrons. The number of ether oxygens (including phenoxy) is 1.